The molecular weight excluding hydrogens is 468 g/mol. The zero-order chi connectivity index (χ0) is 27.1. The highest BCUT2D eigenvalue weighted by atomic mass is 16.6. The molecule has 10 nitrogen and oxygen atoms in total. The van der Waals surface area contributed by atoms with Crippen molar-refractivity contribution in [3.05, 3.63) is 47.7 Å². The first-order chi connectivity index (χ1) is 16.7. The predicted octanol–water partition coefficient (Wildman–Crippen LogP) is 4.38. The van der Waals surface area contributed by atoms with E-state index in [2.05, 4.69) is 5.32 Å². The Morgan fingerprint density at radius 2 is 1.61 bits per heavy atom. The van der Waals surface area contributed by atoms with Crippen LogP contribution >= 0.6 is 0 Å². The number of rotatable bonds is 7. The molecule has 1 aromatic carbocycles. The Balaban J connectivity index is 2.20. The van der Waals surface area contributed by atoms with Crippen LogP contribution in [0.1, 0.15) is 66.4 Å². The first-order valence-corrected chi connectivity index (χ1v) is 11.8. The van der Waals surface area contributed by atoms with E-state index in [0.717, 1.165) is 5.56 Å². The monoisotopic (exact) mass is 504 g/mol. The van der Waals surface area contributed by atoms with Crippen molar-refractivity contribution in [2.75, 3.05) is 0 Å². The molecule has 2 atom stereocenters. The fourth-order valence-electron chi connectivity index (χ4n) is 3.64. The molecule has 1 aliphatic rings. The van der Waals surface area contributed by atoms with Crippen LogP contribution in [0.5, 0.6) is 0 Å². The molecule has 198 valence electrons. The third kappa shape index (κ3) is 9.24. The molecule has 2 N–H and O–H groups in total. The third-order valence-corrected chi connectivity index (χ3v) is 5.06. The third-order valence-electron chi connectivity index (χ3n) is 5.06. The van der Waals surface area contributed by atoms with E-state index < -0.39 is 47.4 Å². The molecule has 0 aromatic heterocycles. The summed E-state index contributed by atoms with van der Waals surface area (Å²) in [5.74, 6) is -1.92. The minimum absolute atomic E-state index is 0.0142. The van der Waals surface area contributed by atoms with Crippen molar-refractivity contribution in [2.24, 2.45) is 0 Å². The molecular formula is C26H36N2O8. The fourth-order valence-corrected chi connectivity index (χ4v) is 3.64. The number of nitrogens with one attached hydrogen (secondary N) is 1. The molecule has 10 heteroatoms. The van der Waals surface area contributed by atoms with Crippen LogP contribution in [-0.2, 0) is 30.4 Å². The number of benzene rings is 1. The van der Waals surface area contributed by atoms with Crippen LogP contribution in [0.3, 0.4) is 0 Å². The number of ether oxygens (including phenoxy) is 3. The number of aliphatic carboxylic acids is 1. The number of hydrogen-bond donors (Lipinski definition) is 2. The van der Waals surface area contributed by atoms with Crippen molar-refractivity contribution in [3.63, 3.8) is 0 Å². The van der Waals surface area contributed by atoms with Crippen molar-refractivity contribution in [1.29, 1.82) is 0 Å². The normalized spacial score (nSPS) is 18.4. The van der Waals surface area contributed by atoms with Crippen LogP contribution in [0, 0.1) is 0 Å². The summed E-state index contributed by atoms with van der Waals surface area (Å²) in [6.07, 6.45) is 0.495. The summed E-state index contributed by atoms with van der Waals surface area (Å²) in [6.45, 7) is 10.2. The quantitative estimate of drug-likeness (QED) is 0.318. The summed E-state index contributed by atoms with van der Waals surface area (Å²) < 4.78 is 16.1. The highest BCUT2D eigenvalue weighted by molar-refractivity contribution is 5.90. The van der Waals surface area contributed by atoms with Crippen LogP contribution in [0.25, 0.3) is 0 Å². The van der Waals surface area contributed by atoms with Gasteiger partial charge in [0.2, 0.25) is 0 Å². The van der Waals surface area contributed by atoms with Gasteiger partial charge in [-0.25, -0.2) is 19.2 Å². The first kappa shape index (κ1) is 28.7. The van der Waals surface area contributed by atoms with Crippen LogP contribution in [0.2, 0.25) is 0 Å². The molecule has 0 saturated carbocycles. The lowest BCUT2D eigenvalue weighted by atomic mass is 10.1. The average molecular weight is 505 g/mol. The van der Waals surface area contributed by atoms with Gasteiger partial charge in [-0.2, -0.15) is 0 Å². The zero-order valence-electron chi connectivity index (χ0n) is 21.7. The molecule has 2 amide bonds. The van der Waals surface area contributed by atoms with Gasteiger partial charge >= 0.3 is 24.1 Å². The highest BCUT2D eigenvalue weighted by Crippen LogP contribution is 2.30. The second-order valence-electron chi connectivity index (χ2n) is 10.5. The van der Waals surface area contributed by atoms with Gasteiger partial charge in [0, 0.05) is 6.04 Å². The first-order valence-electron chi connectivity index (χ1n) is 11.8. The van der Waals surface area contributed by atoms with Crippen LogP contribution in [0.15, 0.2) is 42.1 Å². The summed E-state index contributed by atoms with van der Waals surface area (Å²) in [5.41, 5.74) is -1.16. The van der Waals surface area contributed by atoms with Gasteiger partial charge in [-0.1, -0.05) is 36.4 Å². The summed E-state index contributed by atoms with van der Waals surface area (Å²) in [7, 11) is 0. The Labute approximate surface area is 211 Å². The maximum Gasteiger partial charge on any atom is 0.412 e. The molecule has 0 bridgehead atoms. The molecule has 0 unspecified atom stereocenters. The number of carbonyl (C=O) groups is 4. The molecule has 1 aliphatic heterocycles. The van der Waals surface area contributed by atoms with Crippen molar-refractivity contribution in [1.82, 2.24) is 10.2 Å². The highest BCUT2D eigenvalue weighted by Gasteiger charge is 2.43. The van der Waals surface area contributed by atoms with Gasteiger partial charge in [0.15, 0.2) is 0 Å². The van der Waals surface area contributed by atoms with Crippen LogP contribution < -0.4 is 5.32 Å². The average Bonchev–Trinajstić information content (AvgIpc) is 3.17. The Hall–Kier alpha value is -3.56. The number of hydrogen-bond acceptors (Lipinski definition) is 7. The molecule has 36 heavy (non-hydrogen) atoms. The second-order valence-corrected chi connectivity index (χ2v) is 10.5. The molecule has 0 spiro atoms. The number of esters is 1. The van der Waals surface area contributed by atoms with Gasteiger partial charge < -0.3 is 19.3 Å². The largest absolute Gasteiger partial charge is 0.477 e. The summed E-state index contributed by atoms with van der Waals surface area (Å²) in [4.78, 5) is 51.0. The van der Waals surface area contributed by atoms with Gasteiger partial charge in [0.05, 0.1) is 0 Å². The van der Waals surface area contributed by atoms with Crippen molar-refractivity contribution in [2.45, 2.75) is 90.7 Å². The summed E-state index contributed by atoms with van der Waals surface area (Å²) >= 11 is 0. The Kier molecular flexibility index (Phi) is 9.49. The number of nitrogens with zero attached hydrogens (tertiary/aromatic N) is 1. The fraction of sp³-hybridized carbons (Fsp3) is 0.538. The van der Waals surface area contributed by atoms with Crippen LogP contribution in [0.4, 0.5) is 9.59 Å². The summed E-state index contributed by atoms with van der Waals surface area (Å²) in [5, 5.41) is 11.8. The molecule has 0 radical (unpaired) electrons. The molecule has 0 aliphatic carbocycles. The lowest BCUT2D eigenvalue weighted by Crippen LogP contribution is -2.47. The van der Waals surface area contributed by atoms with E-state index in [4.69, 9.17) is 14.2 Å². The number of alkyl carbamates (subject to hydrolysis) is 1. The lowest BCUT2D eigenvalue weighted by molar-refractivity contribution is -0.160. The van der Waals surface area contributed by atoms with Gasteiger partial charge in [0.25, 0.3) is 0 Å². The number of likely N-dealkylation sites (tertiary alicyclic amines) is 1. The minimum atomic E-state index is -1.36. The van der Waals surface area contributed by atoms with E-state index in [9.17, 15) is 24.3 Å². The number of carboxylic acid groups (broad SMARTS) is 1. The zero-order valence-corrected chi connectivity index (χ0v) is 21.7. The van der Waals surface area contributed by atoms with E-state index in [1.54, 1.807) is 41.5 Å². The topological polar surface area (TPSA) is 131 Å². The SMILES string of the molecule is CC(C)(C)OC(=O)N/C(=C/C[C@H]1CC[C@@H](C(=O)OC(C)(C)C)N1C(=O)OCc1ccccc1)C(=O)O. The number of carboxylic acids is 1. The van der Waals surface area contributed by atoms with E-state index >= 15 is 0 Å². The minimum Gasteiger partial charge on any atom is -0.477 e. The van der Waals surface area contributed by atoms with E-state index in [-0.39, 0.29) is 18.7 Å². The maximum absolute atomic E-state index is 13.1. The predicted molar refractivity (Wildman–Crippen MR) is 131 cm³/mol. The van der Waals surface area contributed by atoms with E-state index in [1.807, 2.05) is 30.3 Å². The van der Waals surface area contributed by atoms with Crippen molar-refractivity contribution >= 4 is 24.1 Å². The van der Waals surface area contributed by atoms with Crippen LogP contribution in [-0.4, -0.2) is 57.4 Å². The van der Waals surface area contributed by atoms with Crippen molar-refractivity contribution in [3.8, 4) is 0 Å². The van der Waals surface area contributed by atoms with Crippen molar-refractivity contribution < 1.29 is 38.5 Å². The van der Waals surface area contributed by atoms with E-state index in [1.165, 1.54) is 11.0 Å². The molecule has 1 fully saturated rings. The molecule has 1 aromatic rings. The van der Waals surface area contributed by atoms with Gasteiger partial charge in [-0.05, 0) is 66.4 Å². The Bertz CT molecular complexity index is 976. The summed E-state index contributed by atoms with van der Waals surface area (Å²) in [6, 6.07) is 7.69. The maximum atomic E-state index is 13.1. The van der Waals surface area contributed by atoms with Gasteiger partial charge in [-0.15, -0.1) is 0 Å². The van der Waals surface area contributed by atoms with E-state index in [0.29, 0.717) is 12.8 Å². The number of carbonyl (C=O) groups excluding carboxylic acids is 3. The lowest BCUT2D eigenvalue weighted by Gasteiger charge is -2.30. The molecule has 1 saturated heterocycles. The Morgan fingerprint density at radius 3 is 2.17 bits per heavy atom. The molecule has 1 heterocycles. The van der Waals surface area contributed by atoms with Gasteiger partial charge in [-0.3, -0.25) is 10.2 Å². The smallest absolute Gasteiger partial charge is 0.412 e. The van der Waals surface area contributed by atoms with Gasteiger partial charge in [0.1, 0.15) is 29.5 Å². The molecule has 2 rings (SSSR count). The standard InChI is InChI=1S/C26H36N2O8/c1-25(2,3)35-22(31)20-15-13-18(28(20)24(33)34-16-17-10-8-7-9-11-17)12-14-19(21(29)30)27-23(32)36-26(4,5)6/h7-11,14,18,20H,12-13,15-16H2,1-6H3,(H,27,32)(H,29,30)/b19-14+/t18-,20-/m0/s1. The Morgan fingerprint density at radius 1 is 1.00 bits per heavy atom. The number of amides is 2. The second kappa shape index (κ2) is 11.9.